The van der Waals surface area contributed by atoms with Crippen molar-refractivity contribution < 1.29 is 0 Å². The summed E-state index contributed by atoms with van der Waals surface area (Å²) in [7, 11) is 0. The fraction of sp³-hybridized carbons (Fsp3) is 0.474. The van der Waals surface area contributed by atoms with Crippen LogP contribution in [0.5, 0.6) is 0 Å². The summed E-state index contributed by atoms with van der Waals surface area (Å²) >= 11 is 0. The maximum atomic E-state index is 5.52. The number of aromatic nitrogens is 1. The molecule has 0 aliphatic carbocycles. The Bertz CT molecular complexity index is 523. The summed E-state index contributed by atoms with van der Waals surface area (Å²) in [6, 6.07) is 4.26. The van der Waals surface area contributed by atoms with Gasteiger partial charge in [0.2, 0.25) is 0 Å². The second-order valence-corrected chi connectivity index (χ2v) is 5.72. The zero-order chi connectivity index (χ0) is 16.2. The van der Waals surface area contributed by atoms with Crippen LogP contribution >= 0.6 is 0 Å². The van der Waals surface area contributed by atoms with Crippen LogP contribution in [0.15, 0.2) is 47.2 Å². The molecule has 1 heterocycles. The molecule has 2 N–H and O–H groups in total. The van der Waals surface area contributed by atoms with E-state index >= 15 is 0 Å². The van der Waals surface area contributed by atoms with Gasteiger partial charge < -0.3 is 5.73 Å². The quantitative estimate of drug-likeness (QED) is 0.541. The second-order valence-electron chi connectivity index (χ2n) is 5.72. The number of unbranched alkanes of at least 4 members (excludes halogenated alkanes) is 3. The van der Waals surface area contributed by atoms with E-state index in [4.69, 9.17) is 5.73 Å². The molecule has 0 aliphatic rings. The molecule has 0 aromatic carbocycles. The smallest absolute Gasteiger partial charge is 0.0888 e. The molecule has 3 heteroatoms. The molecule has 0 spiro atoms. The van der Waals surface area contributed by atoms with Gasteiger partial charge in [0.15, 0.2) is 0 Å². The average Bonchev–Trinajstić information content (AvgIpc) is 2.51. The van der Waals surface area contributed by atoms with Gasteiger partial charge in [0.05, 0.1) is 11.4 Å². The van der Waals surface area contributed by atoms with Crippen molar-refractivity contribution in [3.63, 3.8) is 0 Å². The standard InChI is InChI=1S/C19H29N3/c1-4-12-21-18(14-16(2)3)19-15-17(10-13-22-19)9-7-5-6-8-11-20/h4,10,12-15H,5-9,11,20H2,1-3H3/b12-4+,21-18?. The summed E-state index contributed by atoms with van der Waals surface area (Å²) in [5, 5.41) is 0. The third-order valence-corrected chi connectivity index (χ3v) is 3.29. The molecule has 3 nitrogen and oxygen atoms in total. The predicted octanol–water partition coefficient (Wildman–Crippen LogP) is 4.43. The minimum Gasteiger partial charge on any atom is -0.330 e. The molecule has 0 atom stereocenters. The van der Waals surface area contributed by atoms with Gasteiger partial charge in [-0.25, -0.2) is 0 Å². The van der Waals surface area contributed by atoms with Gasteiger partial charge in [-0.1, -0.05) is 24.5 Å². The lowest BCUT2D eigenvalue weighted by molar-refractivity contribution is 0.646. The van der Waals surface area contributed by atoms with Crippen molar-refractivity contribution in [2.75, 3.05) is 6.54 Å². The largest absolute Gasteiger partial charge is 0.330 e. The van der Waals surface area contributed by atoms with E-state index in [9.17, 15) is 0 Å². The Balaban J connectivity index is 2.77. The van der Waals surface area contributed by atoms with Crippen LogP contribution in [-0.4, -0.2) is 17.2 Å². The van der Waals surface area contributed by atoms with E-state index in [1.165, 1.54) is 30.4 Å². The monoisotopic (exact) mass is 299 g/mol. The first-order chi connectivity index (χ1) is 10.7. The molecule has 1 aromatic heterocycles. The molecular formula is C19H29N3. The summed E-state index contributed by atoms with van der Waals surface area (Å²) in [5.41, 5.74) is 9.93. The van der Waals surface area contributed by atoms with Gasteiger partial charge in [-0.3, -0.25) is 9.98 Å². The van der Waals surface area contributed by atoms with Crippen LogP contribution in [0.3, 0.4) is 0 Å². The molecule has 1 aromatic rings. The topological polar surface area (TPSA) is 51.3 Å². The maximum Gasteiger partial charge on any atom is 0.0888 e. The predicted molar refractivity (Wildman–Crippen MR) is 96.2 cm³/mol. The highest BCUT2D eigenvalue weighted by Gasteiger charge is 2.03. The Labute approximate surface area is 135 Å². The van der Waals surface area contributed by atoms with Crippen LogP contribution in [0.25, 0.3) is 0 Å². The zero-order valence-electron chi connectivity index (χ0n) is 14.2. The number of allylic oxidation sites excluding steroid dienone is 3. The van der Waals surface area contributed by atoms with Gasteiger partial charge in [0, 0.05) is 12.4 Å². The SMILES string of the molecule is C/C=C/N=C(C=C(C)C)c1cc(CCCCCCN)ccn1. The van der Waals surface area contributed by atoms with Gasteiger partial charge in [-0.05, 0) is 70.4 Å². The number of aliphatic imine (C=N–C) groups is 1. The van der Waals surface area contributed by atoms with Crippen LogP contribution in [-0.2, 0) is 6.42 Å². The van der Waals surface area contributed by atoms with Crippen LogP contribution in [0.2, 0.25) is 0 Å². The van der Waals surface area contributed by atoms with E-state index in [0.29, 0.717) is 0 Å². The molecular weight excluding hydrogens is 270 g/mol. The van der Waals surface area contributed by atoms with Gasteiger partial charge in [0.1, 0.15) is 0 Å². The molecule has 120 valence electrons. The molecule has 0 radical (unpaired) electrons. The van der Waals surface area contributed by atoms with Gasteiger partial charge in [-0.15, -0.1) is 0 Å². The highest BCUT2D eigenvalue weighted by atomic mass is 14.8. The van der Waals surface area contributed by atoms with Crippen molar-refractivity contribution in [3.8, 4) is 0 Å². The maximum absolute atomic E-state index is 5.52. The minimum absolute atomic E-state index is 0.798. The number of nitrogens with zero attached hydrogens (tertiary/aromatic N) is 2. The Hall–Kier alpha value is -1.74. The summed E-state index contributed by atoms with van der Waals surface area (Å²) in [4.78, 5) is 8.98. The van der Waals surface area contributed by atoms with Crippen LogP contribution in [0.4, 0.5) is 0 Å². The van der Waals surface area contributed by atoms with Crippen molar-refractivity contribution in [2.45, 2.75) is 52.9 Å². The van der Waals surface area contributed by atoms with Crippen molar-refractivity contribution >= 4 is 5.71 Å². The molecule has 22 heavy (non-hydrogen) atoms. The fourth-order valence-electron chi connectivity index (χ4n) is 2.20. The number of rotatable bonds is 9. The first-order valence-corrected chi connectivity index (χ1v) is 8.16. The molecule has 0 bridgehead atoms. The van der Waals surface area contributed by atoms with Crippen molar-refractivity contribution in [1.29, 1.82) is 0 Å². The number of aryl methyl sites for hydroxylation is 1. The van der Waals surface area contributed by atoms with Crippen molar-refractivity contribution in [3.05, 3.63) is 53.5 Å². The third kappa shape index (κ3) is 7.32. The van der Waals surface area contributed by atoms with Crippen molar-refractivity contribution in [1.82, 2.24) is 4.98 Å². The molecule has 0 fully saturated rings. The third-order valence-electron chi connectivity index (χ3n) is 3.29. The molecule has 0 saturated heterocycles. The Morgan fingerprint density at radius 2 is 2.00 bits per heavy atom. The fourth-order valence-corrected chi connectivity index (χ4v) is 2.20. The van der Waals surface area contributed by atoms with Crippen LogP contribution < -0.4 is 5.73 Å². The lowest BCUT2D eigenvalue weighted by Gasteiger charge is -2.05. The number of hydrogen-bond donors (Lipinski definition) is 1. The first-order valence-electron chi connectivity index (χ1n) is 8.16. The lowest BCUT2D eigenvalue weighted by Crippen LogP contribution is -2.02. The summed E-state index contributed by atoms with van der Waals surface area (Å²) in [6.07, 6.45) is 13.6. The highest BCUT2D eigenvalue weighted by Crippen LogP contribution is 2.11. The van der Waals surface area contributed by atoms with E-state index < -0.39 is 0 Å². The summed E-state index contributed by atoms with van der Waals surface area (Å²) in [6.45, 7) is 6.92. The van der Waals surface area contributed by atoms with E-state index in [0.717, 1.165) is 30.8 Å². The van der Waals surface area contributed by atoms with Crippen LogP contribution in [0, 0.1) is 0 Å². The normalized spacial score (nSPS) is 11.9. The minimum atomic E-state index is 0.798. The Morgan fingerprint density at radius 3 is 2.68 bits per heavy atom. The number of nitrogens with two attached hydrogens (primary N) is 1. The summed E-state index contributed by atoms with van der Waals surface area (Å²) in [5.74, 6) is 0. The molecule has 0 saturated carbocycles. The zero-order valence-corrected chi connectivity index (χ0v) is 14.2. The van der Waals surface area contributed by atoms with Crippen molar-refractivity contribution in [2.24, 2.45) is 10.7 Å². The number of pyridine rings is 1. The van der Waals surface area contributed by atoms with E-state index in [1.807, 2.05) is 25.4 Å². The van der Waals surface area contributed by atoms with E-state index in [2.05, 4.69) is 42.0 Å². The highest BCUT2D eigenvalue weighted by molar-refractivity contribution is 6.08. The average molecular weight is 299 g/mol. The Kier molecular flexibility index (Phi) is 9.08. The van der Waals surface area contributed by atoms with Crippen LogP contribution in [0.1, 0.15) is 57.7 Å². The van der Waals surface area contributed by atoms with Gasteiger partial charge in [-0.2, -0.15) is 0 Å². The molecule has 0 unspecified atom stereocenters. The molecule has 0 amide bonds. The number of hydrogen-bond acceptors (Lipinski definition) is 3. The van der Waals surface area contributed by atoms with E-state index in [-0.39, 0.29) is 0 Å². The van der Waals surface area contributed by atoms with E-state index in [1.54, 1.807) is 0 Å². The van der Waals surface area contributed by atoms with Gasteiger partial charge in [0.25, 0.3) is 0 Å². The molecule has 0 aliphatic heterocycles. The summed E-state index contributed by atoms with van der Waals surface area (Å²) < 4.78 is 0. The Morgan fingerprint density at radius 1 is 1.23 bits per heavy atom. The lowest BCUT2D eigenvalue weighted by atomic mass is 10.0. The molecule has 1 rings (SSSR count). The van der Waals surface area contributed by atoms with Gasteiger partial charge >= 0.3 is 0 Å². The first kappa shape index (κ1) is 18.3. The second kappa shape index (κ2) is 10.9.